The Morgan fingerprint density at radius 2 is 2.25 bits per heavy atom. The monoisotopic (exact) mass is 179 g/mol. The van der Waals surface area contributed by atoms with Crippen LogP contribution in [0.3, 0.4) is 0 Å². The zero-order valence-electron chi connectivity index (χ0n) is 6.97. The van der Waals surface area contributed by atoms with E-state index < -0.39 is 0 Å². The molecule has 0 fully saturated rings. The van der Waals surface area contributed by atoms with Gasteiger partial charge in [0.05, 0.1) is 4.88 Å². The van der Waals surface area contributed by atoms with Crippen molar-refractivity contribution < 1.29 is 4.79 Å². The van der Waals surface area contributed by atoms with Crippen molar-refractivity contribution in [2.75, 3.05) is 0 Å². The van der Waals surface area contributed by atoms with Crippen LogP contribution < -0.4 is 0 Å². The maximum absolute atomic E-state index is 11.0. The highest BCUT2D eigenvalue weighted by Gasteiger charge is 2.06. The molecule has 0 atom stereocenters. The smallest absolute Gasteiger partial charge is 0.169 e. The summed E-state index contributed by atoms with van der Waals surface area (Å²) in [7, 11) is 0. The van der Waals surface area contributed by atoms with Crippen LogP contribution >= 0.6 is 11.3 Å². The molecule has 0 aliphatic rings. The zero-order chi connectivity index (χ0) is 8.72. The molecule has 3 heteroatoms. The predicted molar refractivity (Wildman–Crippen MR) is 50.9 cm³/mol. The summed E-state index contributed by atoms with van der Waals surface area (Å²) >= 11 is 1.52. The normalized spacial score (nSPS) is 10.8. The second kappa shape index (κ2) is 2.45. The van der Waals surface area contributed by atoms with Gasteiger partial charge in [0.15, 0.2) is 5.78 Å². The first-order chi connectivity index (χ1) is 5.66. The van der Waals surface area contributed by atoms with Crippen LogP contribution in [0.2, 0.25) is 0 Å². The average Bonchev–Trinajstić information content (AvgIpc) is 2.42. The summed E-state index contributed by atoms with van der Waals surface area (Å²) in [6, 6.07) is 3.99. The van der Waals surface area contributed by atoms with Gasteiger partial charge in [0.25, 0.3) is 0 Å². The first kappa shape index (κ1) is 7.55. The second-order valence-corrected chi connectivity index (χ2v) is 3.96. The number of aromatic amines is 1. The third kappa shape index (κ3) is 1.06. The minimum absolute atomic E-state index is 0.141. The fourth-order valence-corrected chi connectivity index (χ4v) is 2.23. The van der Waals surface area contributed by atoms with Gasteiger partial charge in [0.1, 0.15) is 4.83 Å². The number of aryl methyl sites for hydroxylation is 1. The van der Waals surface area contributed by atoms with Gasteiger partial charge in [-0.1, -0.05) is 0 Å². The first-order valence-electron chi connectivity index (χ1n) is 3.77. The molecule has 0 radical (unpaired) electrons. The molecule has 2 rings (SSSR count). The molecule has 0 aliphatic heterocycles. The highest BCUT2D eigenvalue weighted by molar-refractivity contribution is 7.20. The van der Waals surface area contributed by atoms with Gasteiger partial charge in [-0.3, -0.25) is 4.79 Å². The number of fused-ring (bicyclic) bond motifs is 1. The summed E-state index contributed by atoms with van der Waals surface area (Å²) in [5.41, 5.74) is 1.14. The van der Waals surface area contributed by atoms with Crippen molar-refractivity contribution in [1.29, 1.82) is 0 Å². The van der Waals surface area contributed by atoms with Crippen LogP contribution in [0.15, 0.2) is 12.1 Å². The molecule has 0 saturated carbocycles. The van der Waals surface area contributed by atoms with Crippen molar-refractivity contribution in [3.8, 4) is 0 Å². The summed E-state index contributed by atoms with van der Waals surface area (Å²) in [5, 5.41) is 1.14. The second-order valence-electron chi connectivity index (χ2n) is 2.90. The lowest BCUT2D eigenvalue weighted by atomic mass is 10.3. The van der Waals surface area contributed by atoms with Gasteiger partial charge in [-0.2, -0.15) is 0 Å². The number of rotatable bonds is 1. The molecular weight excluding hydrogens is 170 g/mol. The average molecular weight is 179 g/mol. The van der Waals surface area contributed by atoms with Crippen molar-refractivity contribution in [1.82, 2.24) is 4.98 Å². The van der Waals surface area contributed by atoms with Crippen LogP contribution in [0, 0.1) is 6.92 Å². The van der Waals surface area contributed by atoms with Crippen LogP contribution in [-0.4, -0.2) is 10.8 Å². The van der Waals surface area contributed by atoms with Crippen LogP contribution in [0.25, 0.3) is 10.2 Å². The molecular formula is C9H9NOS. The predicted octanol–water partition coefficient (Wildman–Crippen LogP) is 2.74. The number of aromatic nitrogens is 1. The zero-order valence-corrected chi connectivity index (χ0v) is 7.79. The number of Topliss-reactive ketones (excluding diaryl/α,β-unsaturated/α-hetero) is 1. The lowest BCUT2D eigenvalue weighted by Gasteiger charge is -1.83. The maximum Gasteiger partial charge on any atom is 0.169 e. The third-order valence-corrected chi connectivity index (χ3v) is 2.96. The Morgan fingerprint density at radius 1 is 1.50 bits per heavy atom. The van der Waals surface area contributed by atoms with Crippen LogP contribution in [-0.2, 0) is 0 Å². The van der Waals surface area contributed by atoms with E-state index in [4.69, 9.17) is 0 Å². The highest BCUT2D eigenvalue weighted by Crippen LogP contribution is 2.25. The quantitative estimate of drug-likeness (QED) is 0.671. The van der Waals surface area contributed by atoms with Gasteiger partial charge in [-0.05, 0) is 26.0 Å². The van der Waals surface area contributed by atoms with E-state index in [2.05, 4.69) is 11.1 Å². The number of nitrogens with one attached hydrogen (secondary N) is 1. The molecule has 2 aromatic heterocycles. The number of thiophene rings is 1. The van der Waals surface area contributed by atoms with Gasteiger partial charge < -0.3 is 4.98 Å². The Labute approximate surface area is 74.2 Å². The van der Waals surface area contributed by atoms with E-state index in [-0.39, 0.29) is 5.78 Å². The fraction of sp³-hybridized carbons (Fsp3) is 0.222. The Kier molecular flexibility index (Phi) is 1.54. The van der Waals surface area contributed by atoms with Gasteiger partial charge >= 0.3 is 0 Å². The molecule has 62 valence electrons. The van der Waals surface area contributed by atoms with Crippen molar-refractivity contribution >= 4 is 27.3 Å². The number of H-pyrrole nitrogens is 1. The summed E-state index contributed by atoms with van der Waals surface area (Å²) in [4.78, 5) is 16.1. The summed E-state index contributed by atoms with van der Waals surface area (Å²) in [5.74, 6) is 0.141. The Morgan fingerprint density at radius 3 is 2.83 bits per heavy atom. The molecule has 0 unspecified atom stereocenters. The number of hydrogen-bond donors (Lipinski definition) is 1. The largest absolute Gasteiger partial charge is 0.350 e. The standard InChI is InChI=1S/C9H9NOS/c1-5-3-7-4-8(6(2)11)12-9(7)10-5/h3-4,10H,1-2H3. The van der Waals surface area contributed by atoms with Gasteiger partial charge in [-0.15, -0.1) is 11.3 Å². The van der Waals surface area contributed by atoms with Gasteiger partial charge in [-0.25, -0.2) is 0 Å². The van der Waals surface area contributed by atoms with Gasteiger partial charge in [0, 0.05) is 11.1 Å². The maximum atomic E-state index is 11.0. The number of hydrogen-bond acceptors (Lipinski definition) is 2. The summed E-state index contributed by atoms with van der Waals surface area (Å²) < 4.78 is 0. The first-order valence-corrected chi connectivity index (χ1v) is 4.58. The van der Waals surface area contributed by atoms with E-state index >= 15 is 0 Å². The van der Waals surface area contributed by atoms with E-state index in [0.717, 1.165) is 20.8 Å². The number of ketones is 1. The minimum Gasteiger partial charge on any atom is -0.350 e. The lowest BCUT2D eigenvalue weighted by molar-refractivity contribution is 0.102. The molecule has 2 aromatic rings. The molecule has 0 bridgehead atoms. The van der Waals surface area contributed by atoms with Crippen molar-refractivity contribution in [3.63, 3.8) is 0 Å². The molecule has 1 N–H and O–H groups in total. The van der Waals surface area contributed by atoms with Crippen molar-refractivity contribution in [2.45, 2.75) is 13.8 Å². The molecule has 2 nitrogen and oxygen atoms in total. The van der Waals surface area contributed by atoms with Crippen LogP contribution in [0.5, 0.6) is 0 Å². The van der Waals surface area contributed by atoms with Crippen molar-refractivity contribution in [3.05, 3.63) is 22.7 Å². The molecule has 0 aliphatic carbocycles. The topological polar surface area (TPSA) is 32.9 Å². The van der Waals surface area contributed by atoms with E-state index in [1.165, 1.54) is 11.3 Å². The van der Waals surface area contributed by atoms with Crippen LogP contribution in [0.4, 0.5) is 0 Å². The Hall–Kier alpha value is -1.09. The fourth-order valence-electron chi connectivity index (χ4n) is 1.23. The Balaban J connectivity index is 2.64. The molecule has 0 spiro atoms. The highest BCUT2D eigenvalue weighted by atomic mass is 32.1. The summed E-state index contributed by atoms with van der Waals surface area (Å²) in [6.45, 7) is 3.61. The molecule has 2 heterocycles. The van der Waals surface area contributed by atoms with Crippen LogP contribution in [0.1, 0.15) is 22.3 Å². The van der Waals surface area contributed by atoms with Gasteiger partial charge in [0.2, 0.25) is 0 Å². The van der Waals surface area contributed by atoms with E-state index in [0.29, 0.717) is 0 Å². The molecule has 0 amide bonds. The summed E-state index contributed by atoms with van der Waals surface area (Å²) in [6.07, 6.45) is 0. The molecule has 0 saturated heterocycles. The van der Waals surface area contributed by atoms with E-state index in [9.17, 15) is 4.79 Å². The molecule has 0 aromatic carbocycles. The number of carbonyl (C=O) groups is 1. The third-order valence-electron chi connectivity index (χ3n) is 1.79. The number of carbonyl (C=O) groups excluding carboxylic acids is 1. The SMILES string of the molecule is CC(=O)c1cc2cc(C)[nH]c2s1. The lowest BCUT2D eigenvalue weighted by Crippen LogP contribution is -1.83. The minimum atomic E-state index is 0.141. The van der Waals surface area contributed by atoms with Crippen molar-refractivity contribution in [2.24, 2.45) is 0 Å². The van der Waals surface area contributed by atoms with E-state index in [1.807, 2.05) is 13.0 Å². The molecule has 12 heavy (non-hydrogen) atoms. The Bertz CT molecular complexity index is 407. The van der Waals surface area contributed by atoms with E-state index in [1.54, 1.807) is 6.92 Å².